The van der Waals surface area contributed by atoms with Gasteiger partial charge in [-0.2, -0.15) is 0 Å². The van der Waals surface area contributed by atoms with Crippen LogP contribution in [0, 0.1) is 6.92 Å². The fraction of sp³-hybridized carbons (Fsp3) is 0.294. The van der Waals surface area contributed by atoms with Crippen molar-refractivity contribution in [3.05, 3.63) is 45.0 Å². The third-order valence-corrected chi connectivity index (χ3v) is 5.42. The lowest BCUT2D eigenvalue weighted by atomic mass is 10.2. The Balaban J connectivity index is 1.77. The number of pyridine rings is 1. The number of ketones is 1. The topological polar surface area (TPSA) is 65.0 Å². The van der Waals surface area contributed by atoms with Gasteiger partial charge in [-0.1, -0.05) is 6.07 Å². The second-order valence-electron chi connectivity index (χ2n) is 5.41. The van der Waals surface area contributed by atoms with E-state index in [0.29, 0.717) is 12.3 Å². The van der Waals surface area contributed by atoms with E-state index in [1.54, 1.807) is 36.7 Å². The van der Waals surface area contributed by atoms with Crippen LogP contribution in [0.1, 0.15) is 28.2 Å². The molecule has 0 unspecified atom stereocenters. The fourth-order valence-corrected chi connectivity index (χ4v) is 4.28. The monoisotopic (exact) mass is 359 g/mol. The Labute approximate surface area is 148 Å². The van der Waals surface area contributed by atoms with E-state index in [1.807, 2.05) is 30.6 Å². The van der Waals surface area contributed by atoms with Crippen LogP contribution in [-0.4, -0.2) is 27.8 Å². The van der Waals surface area contributed by atoms with Gasteiger partial charge in [0.1, 0.15) is 10.8 Å². The molecule has 0 saturated heterocycles. The molecule has 7 heteroatoms. The summed E-state index contributed by atoms with van der Waals surface area (Å²) in [6.07, 6.45) is 2.93. The number of aromatic nitrogens is 3. The van der Waals surface area contributed by atoms with Gasteiger partial charge >= 0.3 is 0 Å². The second kappa shape index (κ2) is 7.19. The number of rotatable bonds is 6. The molecule has 0 bridgehead atoms. The van der Waals surface area contributed by atoms with E-state index in [1.165, 1.54) is 0 Å². The molecule has 0 amide bonds. The van der Waals surface area contributed by atoms with Gasteiger partial charge in [0.2, 0.25) is 5.88 Å². The first-order valence-electron chi connectivity index (χ1n) is 7.44. The lowest BCUT2D eigenvalue weighted by Crippen LogP contribution is -1.94. The van der Waals surface area contributed by atoms with Gasteiger partial charge in [0.05, 0.1) is 34.8 Å². The van der Waals surface area contributed by atoms with E-state index in [4.69, 9.17) is 9.72 Å². The van der Waals surface area contributed by atoms with Crippen molar-refractivity contribution < 1.29 is 9.53 Å². The average Bonchev–Trinajstić information content (AvgIpc) is 3.14. The summed E-state index contributed by atoms with van der Waals surface area (Å²) in [6, 6.07) is 3.85. The molecule has 3 heterocycles. The molecule has 3 aromatic heterocycles. The fourth-order valence-electron chi connectivity index (χ4n) is 2.29. The number of nitrogens with zero attached hydrogens (tertiary/aromatic N) is 3. The summed E-state index contributed by atoms with van der Waals surface area (Å²) in [7, 11) is 1.60. The van der Waals surface area contributed by atoms with Crippen LogP contribution in [0.4, 0.5) is 0 Å². The zero-order valence-corrected chi connectivity index (χ0v) is 15.3. The van der Waals surface area contributed by atoms with E-state index in [2.05, 4.69) is 9.97 Å². The first-order chi connectivity index (χ1) is 11.5. The largest absolute Gasteiger partial charge is 0.481 e. The van der Waals surface area contributed by atoms with E-state index < -0.39 is 0 Å². The third kappa shape index (κ3) is 3.85. The predicted octanol–water partition coefficient (Wildman–Crippen LogP) is 3.70. The smallest absolute Gasteiger partial charge is 0.212 e. The molecule has 0 aliphatic rings. The van der Waals surface area contributed by atoms with Crippen LogP contribution in [0.25, 0.3) is 10.6 Å². The number of thiazole rings is 2. The molecule has 0 aliphatic heterocycles. The van der Waals surface area contributed by atoms with Crippen molar-refractivity contribution in [1.29, 1.82) is 0 Å². The van der Waals surface area contributed by atoms with Crippen LogP contribution in [0.2, 0.25) is 0 Å². The quantitative estimate of drug-likeness (QED) is 0.671. The van der Waals surface area contributed by atoms with E-state index in [0.717, 1.165) is 38.3 Å². The Bertz CT molecular complexity index is 853. The summed E-state index contributed by atoms with van der Waals surface area (Å²) in [5, 5.41) is 3.92. The summed E-state index contributed by atoms with van der Waals surface area (Å²) < 4.78 is 5.07. The molecule has 124 valence electrons. The number of carbonyl (C=O) groups excluding carboxylic acids is 1. The number of hydrogen-bond donors (Lipinski definition) is 0. The van der Waals surface area contributed by atoms with Crippen molar-refractivity contribution in [3.8, 4) is 16.5 Å². The molecule has 0 N–H and O–H groups in total. The molecule has 3 rings (SSSR count). The zero-order valence-electron chi connectivity index (χ0n) is 13.7. The third-order valence-electron chi connectivity index (χ3n) is 3.39. The minimum absolute atomic E-state index is 0.126. The van der Waals surface area contributed by atoms with Crippen LogP contribution in [0.15, 0.2) is 23.7 Å². The predicted molar refractivity (Wildman–Crippen MR) is 95.9 cm³/mol. The van der Waals surface area contributed by atoms with Crippen molar-refractivity contribution in [3.63, 3.8) is 0 Å². The molecule has 0 saturated carbocycles. The highest BCUT2D eigenvalue weighted by molar-refractivity contribution is 7.16. The number of ether oxygens (including phenoxy) is 1. The maximum absolute atomic E-state index is 11.3. The average molecular weight is 359 g/mol. The van der Waals surface area contributed by atoms with Crippen molar-refractivity contribution in [2.24, 2.45) is 0 Å². The van der Waals surface area contributed by atoms with E-state index >= 15 is 0 Å². The summed E-state index contributed by atoms with van der Waals surface area (Å²) >= 11 is 3.17. The van der Waals surface area contributed by atoms with Crippen molar-refractivity contribution >= 4 is 28.5 Å². The highest BCUT2D eigenvalue weighted by atomic mass is 32.1. The zero-order chi connectivity index (χ0) is 17.1. The van der Waals surface area contributed by atoms with Crippen LogP contribution in [0.3, 0.4) is 0 Å². The maximum atomic E-state index is 11.3. The van der Waals surface area contributed by atoms with Crippen LogP contribution in [0.5, 0.6) is 5.88 Å². The number of Topliss-reactive ketones (excluding diaryl/α,β-unsaturated/α-hetero) is 1. The molecular formula is C17H17N3O2S2. The molecule has 0 aliphatic carbocycles. The summed E-state index contributed by atoms with van der Waals surface area (Å²) in [4.78, 5) is 25.7. The molecule has 5 nitrogen and oxygen atoms in total. The molecule has 0 fully saturated rings. The normalized spacial score (nSPS) is 10.8. The molecule has 0 spiro atoms. The van der Waals surface area contributed by atoms with E-state index in [9.17, 15) is 4.79 Å². The Morgan fingerprint density at radius 1 is 1.25 bits per heavy atom. The van der Waals surface area contributed by atoms with Gasteiger partial charge in [-0.3, -0.25) is 4.79 Å². The lowest BCUT2D eigenvalue weighted by Gasteiger charge is -2.00. The van der Waals surface area contributed by atoms with Crippen LogP contribution in [-0.2, 0) is 17.6 Å². The first kappa shape index (κ1) is 16.7. The Morgan fingerprint density at radius 2 is 2.08 bits per heavy atom. The molecule has 24 heavy (non-hydrogen) atoms. The molecule has 0 atom stereocenters. The molecular weight excluding hydrogens is 342 g/mol. The Morgan fingerprint density at radius 3 is 2.75 bits per heavy atom. The summed E-state index contributed by atoms with van der Waals surface area (Å²) in [6.45, 7) is 3.54. The Hall–Kier alpha value is -2.12. The number of aryl methyl sites for hydroxylation is 1. The summed E-state index contributed by atoms with van der Waals surface area (Å²) in [5.74, 6) is 0.734. The van der Waals surface area contributed by atoms with Gasteiger partial charge < -0.3 is 4.74 Å². The lowest BCUT2D eigenvalue weighted by molar-refractivity contribution is -0.116. The highest BCUT2D eigenvalue weighted by Gasteiger charge is 2.14. The SMILES string of the molecule is COc1ccc(Cc2nc(-c3sc(CC(C)=O)nc3C)cs2)cn1. The van der Waals surface area contributed by atoms with Crippen molar-refractivity contribution in [1.82, 2.24) is 15.0 Å². The van der Waals surface area contributed by atoms with Crippen LogP contribution >= 0.6 is 22.7 Å². The highest BCUT2D eigenvalue weighted by Crippen LogP contribution is 2.31. The minimum atomic E-state index is 0.126. The van der Waals surface area contributed by atoms with Gasteiger partial charge in [0, 0.05) is 24.1 Å². The standard InChI is InChI=1S/C17H17N3O2S2/c1-10(21)6-16-19-11(2)17(24-16)13-9-23-15(20-13)7-12-4-5-14(22-3)18-8-12/h4-5,8-9H,6-7H2,1-3H3. The van der Waals surface area contributed by atoms with Gasteiger partial charge in [0.15, 0.2) is 0 Å². The van der Waals surface area contributed by atoms with Gasteiger partial charge in [-0.05, 0) is 19.4 Å². The maximum Gasteiger partial charge on any atom is 0.212 e. The molecule has 0 aromatic carbocycles. The number of carbonyl (C=O) groups is 1. The van der Waals surface area contributed by atoms with Crippen molar-refractivity contribution in [2.45, 2.75) is 26.7 Å². The van der Waals surface area contributed by atoms with Gasteiger partial charge in [-0.15, -0.1) is 22.7 Å². The Kier molecular flexibility index (Phi) is 5.01. The second-order valence-corrected chi connectivity index (χ2v) is 7.44. The number of methoxy groups -OCH3 is 1. The molecule has 3 aromatic rings. The van der Waals surface area contributed by atoms with Gasteiger partial charge in [0.25, 0.3) is 0 Å². The van der Waals surface area contributed by atoms with Crippen LogP contribution < -0.4 is 4.74 Å². The van der Waals surface area contributed by atoms with Crippen molar-refractivity contribution in [2.75, 3.05) is 7.11 Å². The number of hydrogen-bond acceptors (Lipinski definition) is 7. The molecule has 0 radical (unpaired) electrons. The van der Waals surface area contributed by atoms with E-state index in [-0.39, 0.29) is 5.78 Å². The van der Waals surface area contributed by atoms with Gasteiger partial charge in [-0.25, -0.2) is 15.0 Å². The first-order valence-corrected chi connectivity index (χ1v) is 9.14. The summed E-state index contributed by atoms with van der Waals surface area (Å²) in [5.41, 5.74) is 2.95. The minimum Gasteiger partial charge on any atom is -0.481 e.